The number of aromatic nitrogens is 1. The number of halogens is 1. The minimum Gasteiger partial charge on any atom is -0.450 e. The Morgan fingerprint density at radius 3 is 2.90 bits per heavy atom. The van der Waals surface area contributed by atoms with Gasteiger partial charge in [0, 0.05) is 35.3 Å². The van der Waals surface area contributed by atoms with Crippen LogP contribution in [0.25, 0.3) is 0 Å². The number of thioether (sulfide) groups is 1. The lowest BCUT2D eigenvalue weighted by Crippen LogP contribution is -2.47. The quantitative estimate of drug-likeness (QED) is 0.630. The Hall–Kier alpha value is -1.77. The predicted molar refractivity (Wildman–Crippen MR) is 117 cm³/mol. The van der Waals surface area contributed by atoms with E-state index in [1.165, 1.54) is 0 Å². The van der Waals surface area contributed by atoms with Crippen LogP contribution in [0.5, 0.6) is 0 Å². The Balaban J connectivity index is 1.40. The van der Waals surface area contributed by atoms with Crippen LogP contribution in [0.15, 0.2) is 34.0 Å². The first-order valence-electron chi connectivity index (χ1n) is 9.56. The van der Waals surface area contributed by atoms with Crippen molar-refractivity contribution in [1.29, 1.82) is 0 Å². The number of carbonyl (C=O) groups excluding carboxylic acids is 2. The van der Waals surface area contributed by atoms with Gasteiger partial charge in [0.05, 0.1) is 18.7 Å². The zero-order valence-electron chi connectivity index (χ0n) is 16.2. The summed E-state index contributed by atoms with van der Waals surface area (Å²) in [5, 5.41) is 5.72. The molecule has 1 aliphatic heterocycles. The highest BCUT2D eigenvalue weighted by atomic mass is 35.5. The second kappa shape index (κ2) is 10.8. The number of likely N-dealkylation sites (tertiary alicyclic amines) is 1. The van der Waals surface area contributed by atoms with E-state index < -0.39 is 0 Å². The second-order valence-electron chi connectivity index (χ2n) is 6.73. The summed E-state index contributed by atoms with van der Waals surface area (Å²) in [7, 11) is 0. The van der Waals surface area contributed by atoms with Crippen molar-refractivity contribution < 1.29 is 14.3 Å². The fourth-order valence-corrected chi connectivity index (χ4v) is 5.07. The zero-order chi connectivity index (χ0) is 20.6. The molecular weight excluding hydrogens is 430 g/mol. The molecule has 0 unspecified atom stereocenters. The average molecular weight is 454 g/mol. The number of rotatable bonds is 7. The fourth-order valence-electron chi connectivity index (χ4n) is 3.07. The summed E-state index contributed by atoms with van der Waals surface area (Å²) in [6.45, 7) is 3.38. The Kier molecular flexibility index (Phi) is 8.20. The van der Waals surface area contributed by atoms with Gasteiger partial charge < -0.3 is 15.0 Å². The number of hydrogen-bond donors (Lipinski definition) is 1. The van der Waals surface area contributed by atoms with Crippen LogP contribution in [0.4, 0.5) is 4.79 Å². The predicted octanol–water partition coefficient (Wildman–Crippen LogP) is 4.37. The number of hydrogen-bond acceptors (Lipinski definition) is 6. The summed E-state index contributed by atoms with van der Waals surface area (Å²) >= 11 is 9.20. The molecule has 1 aliphatic rings. The van der Waals surface area contributed by atoms with Crippen molar-refractivity contribution in [2.45, 2.75) is 42.3 Å². The van der Waals surface area contributed by atoms with Crippen LogP contribution < -0.4 is 5.32 Å². The minimum absolute atomic E-state index is 0.0312. The highest BCUT2D eigenvalue weighted by Crippen LogP contribution is 2.27. The molecule has 6 nitrogen and oxygen atoms in total. The summed E-state index contributed by atoms with van der Waals surface area (Å²) in [5.41, 5.74) is 1.93. The summed E-state index contributed by atoms with van der Waals surface area (Å²) in [5.74, 6) is 0.759. The molecule has 1 N–H and O–H groups in total. The van der Waals surface area contributed by atoms with Gasteiger partial charge in [-0.05, 0) is 37.5 Å². The van der Waals surface area contributed by atoms with Crippen LogP contribution in [-0.4, -0.2) is 47.6 Å². The molecule has 1 aromatic heterocycles. The second-order valence-corrected chi connectivity index (χ2v) is 9.24. The van der Waals surface area contributed by atoms with E-state index in [0.29, 0.717) is 19.7 Å². The molecule has 2 aromatic rings. The van der Waals surface area contributed by atoms with Gasteiger partial charge in [0.1, 0.15) is 4.34 Å². The monoisotopic (exact) mass is 453 g/mol. The van der Waals surface area contributed by atoms with E-state index in [-0.39, 0.29) is 24.5 Å². The van der Waals surface area contributed by atoms with Crippen molar-refractivity contribution in [2.75, 3.05) is 19.7 Å². The summed E-state index contributed by atoms with van der Waals surface area (Å²) in [6.07, 6.45) is 1.47. The molecule has 0 spiro atoms. The number of carbonyl (C=O) groups is 2. The van der Waals surface area contributed by atoms with Crippen molar-refractivity contribution in [1.82, 2.24) is 15.2 Å². The van der Waals surface area contributed by atoms with Gasteiger partial charge in [-0.1, -0.05) is 35.5 Å². The largest absolute Gasteiger partial charge is 0.450 e. The summed E-state index contributed by atoms with van der Waals surface area (Å²) < 4.78 is 5.96. The standard InChI is InChI=1S/C20H24ClN3O3S2/c1-2-27-20(26)24-8-6-16(7-9-24)22-18(25)11-17-13-29-19(23-17)28-12-14-4-3-5-15(21)10-14/h3-5,10,13,16H,2,6-9,11-12H2,1H3,(H,22,25). The Morgan fingerprint density at radius 1 is 1.38 bits per heavy atom. The van der Waals surface area contributed by atoms with E-state index in [4.69, 9.17) is 16.3 Å². The Morgan fingerprint density at radius 2 is 2.17 bits per heavy atom. The molecule has 3 rings (SSSR count). The molecule has 1 fully saturated rings. The van der Waals surface area contributed by atoms with Gasteiger partial charge in [0.15, 0.2) is 0 Å². The molecule has 156 valence electrons. The van der Waals surface area contributed by atoms with Gasteiger partial charge in [-0.15, -0.1) is 11.3 Å². The topological polar surface area (TPSA) is 71.5 Å². The van der Waals surface area contributed by atoms with Gasteiger partial charge >= 0.3 is 6.09 Å². The van der Waals surface area contributed by atoms with E-state index in [1.807, 2.05) is 29.6 Å². The van der Waals surface area contributed by atoms with Crippen LogP contribution in [-0.2, 0) is 21.7 Å². The third-order valence-electron chi connectivity index (χ3n) is 4.51. The highest BCUT2D eigenvalue weighted by Gasteiger charge is 2.24. The van der Waals surface area contributed by atoms with E-state index in [0.717, 1.165) is 39.2 Å². The van der Waals surface area contributed by atoms with Gasteiger partial charge in [-0.3, -0.25) is 4.79 Å². The molecule has 29 heavy (non-hydrogen) atoms. The number of nitrogens with zero attached hydrogens (tertiary/aromatic N) is 2. The number of ether oxygens (including phenoxy) is 1. The van der Waals surface area contributed by atoms with E-state index in [1.54, 1.807) is 34.9 Å². The lowest BCUT2D eigenvalue weighted by atomic mass is 10.1. The van der Waals surface area contributed by atoms with Gasteiger partial charge in [0.2, 0.25) is 5.91 Å². The maximum absolute atomic E-state index is 12.4. The number of thiazole rings is 1. The molecule has 0 radical (unpaired) electrons. The molecular formula is C20H24ClN3O3S2. The molecule has 0 bridgehead atoms. The maximum atomic E-state index is 12.4. The van der Waals surface area contributed by atoms with E-state index in [2.05, 4.69) is 10.3 Å². The number of piperidine rings is 1. The molecule has 9 heteroatoms. The van der Waals surface area contributed by atoms with Crippen LogP contribution in [0.1, 0.15) is 31.0 Å². The van der Waals surface area contributed by atoms with Gasteiger partial charge in [-0.2, -0.15) is 0 Å². The molecule has 0 aliphatic carbocycles. The number of nitrogens with one attached hydrogen (secondary N) is 1. The van der Waals surface area contributed by atoms with Crippen LogP contribution in [0.2, 0.25) is 5.02 Å². The van der Waals surface area contributed by atoms with Crippen molar-refractivity contribution >= 4 is 46.7 Å². The van der Waals surface area contributed by atoms with Crippen LogP contribution in [0.3, 0.4) is 0 Å². The van der Waals surface area contributed by atoms with Crippen molar-refractivity contribution in [3.63, 3.8) is 0 Å². The van der Waals surface area contributed by atoms with E-state index >= 15 is 0 Å². The highest BCUT2D eigenvalue weighted by molar-refractivity contribution is 8.00. The molecule has 1 saturated heterocycles. The van der Waals surface area contributed by atoms with Crippen LogP contribution in [0, 0.1) is 0 Å². The van der Waals surface area contributed by atoms with Gasteiger partial charge in [0.25, 0.3) is 0 Å². The SMILES string of the molecule is CCOC(=O)N1CCC(NC(=O)Cc2csc(SCc3cccc(Cl)c3)n2)CC1. The summed E-state index contributed by atoms with van der Waals surface area (Å²) in [6, 6.07) is 7.87. The lowest BCUT2D eigenvalue weighted by molar-refractivity contribution is -0.121. The summed E-state index contributed by atoms with van der Waals surface area (Å²) in [4.78, 5) is 30.3. The molecule has 1 aromatic carbocycles. The molecule has 0 saturated carbocycles. The normalized spacial score (nSPS) is 14.6. The minimum atomic E-state index is -0.275. The van der Waals surface area contributed by atoms with E-state index in [9.17, 15) is 9.59 Å². The Labute approximate surface area is 184 Å². The van der Waals surface area contributed by atoms with Crippen LogP contribution >= 0.6 is 34.7 Å². The van der Waals surface area contributed by atoms with Gasteiger partial charge in [-0.25, -0.2) is 9.78 Å². The lowest BCUT2D eigenvalue weighted by Gasteiger charge is -2.31. The third-order valence-corrected chi connectivity index (χ3v) is 6.89. The van der Waals surface area contributed by atoms with Crippen molar-refractivity contribution in [3.8, 4) is 0 Å². The molecule has 2 heterocycles. The number of benzene rings is 1. The van der Waals surface area contributed by atoms with Crippen molar-refractivity contribution in [2.24, 2.45) is 0 Å². The first-order chi connectivity index (χ1) is 14.0. The smallest absolute Gasteiger partial charge is 0.409 e. The zero-order valence-corrected chi connectivity index (χ0v) is 18.6. The molecule has 0 atom stereocenters. The fraction of sp³-hybridized carbons (Fsp3) is 0.450. The first-order valence-corrected chi connectivity index (χ1v) is 11.8. The van der Waals surface area contributed by atoms with Crippen molar-refractivity contribution in [3.05, 3.63) is 45.9 Å². The Bertz CT molecular complexity index is 838. The number of amides is 2. The average Bonchev–Trinajstić information content (AvgIpc) is 3.14. The molecule has 2 amide bonds. The first kappa shape index (κ1) is 21.9. The third kappa shape index (κ3) is 6.90. The maximum Gasteiger partial charge on any atom is 0.409 e.